The number of carbonyl (C=O) groups excluding carboxylic acids is 1. The maximum absolute atomic E-state index is 11.6. The molecule has 106 valence electrons. The lowest BCUT2D eigenvalue weighted by Gasteiger charge is -2.29. The summed E-state index contributed by atoms with van der Waals surface area (Å²) < 4.78 is 4.84. The average Bonchev–Trinajstić information content (AvgIpc) is 2.74. The quantitative estimate of drug-likeness (QED) is 0.705. The molecule has 0 aromatic carbocycles. The van der Waals surface area contributed by atoms with Crippen molar-refractivity contribution >= 4 is 5.97 Å². The van der Waals surface area contributed by atoms with Crippen molar-refractivity contribution in [3.63, 3.8) is 0 Å². The van der Waals surface area contributed by atoms with E-state index in [9.17, 15) is 4.79 Å². The first-order valence-corrected chi connectivity index (χ1v) is 7.20. The third-order valence-corrected chi connectivity index (χ3v) is 4.04. The molecule has 1 rings (SSSR count). The fourth-order valence-corrected chi connectivity index (χ4v) is 2.94. The lowest BCUT2D eigenvalue weighted by Crippen LogP contribution is -2.43. The first kappa shape index (κ1) is 15.4. The van der Waals surface area contributed by atoms with Crippen LogP contribution in [0.3, 0.4) is 0 Å². The van der Waals surface area contributed by atoms with Gasteiger partial charge in [-0.1, -0.05) is 13.8 Å². The molecule has 0 amide bonds. The molecule has 1 saturated heterocycles. The van der Waals surface area contributed by atoms with Crippen molar-refractivity contribution in [1.29, 1.82) is 0 Å². The monoisotopic (exact) mass is 256 g/mol. The van der Waals surface area contributed by atoms with E-state index in [-0.39, 0.29) is 12.0 Å². The topological polar surface area (TPSA) is 41.6 Å². The fraction of sp³-hybridized carbons (Fsp3) is 0.929. The zero-order chi connectivity index (χ0) is 13.5. The molecular weight excluding hydrogens is 228 g/mol. The van der Waals surface area contributed by atoms with Crippen molar-refractivity contribution in [1.82, 2.24) is 10.2 Å². The summed E-state index contributed by atoms with van der Waals surface area (Å²) in [6.07, 6.45) is 4.61. The van der Waals surface area contributed by atoms with Crippen molar-refractivity contribution in [3.05, 3.63) is 0 Å². The summed E-state index contributed by atoms with van der Waals surface area (Å²) in [6, 6.07) is 1.18. The molecule has 1 aliphatic heterocycles. The fourth-order valence-electron chi connectivity index (χ4n) is 2.94. The van der Waals surface area contributed by atoms with Gasteiger partial charge in [0, 0.05) is 18.6 Å². The highest BCUT2D eigenvalue weighted by Crippen LogP contribution is 2.26. The largest absolute Gasteiger partial charge is 0.468 e. The van der Waals surface area contributed by atoms with Gasteiger partial charge in [-0.15, -0.1) is 0 Å². The number of likely N-dealkylation sites (N-methyl/N-ethyl adjacent to an activating group) is 1. The van der Waals surface area contributed by atoms with Crippen LogP contribution >= 0.6 is 0 Å². The van der Waals surface area contributed by atoms with E-state index in [2.05, 4.69) is 24.1 Å². The van der Waals surface area contributed by atoms with Crippen molar-refractivity contribution in [3.8, 4) is 0 Å². The highest BCUT2D eigenvalue weighted by atomic mass is 16.5. The predicted molar refractivity (Wildman–Crippen MR) is 73.6 cm³/mol. The predicted octanol–water partition coefficient (Wildman–Crippen LogP) is 1.79. The first-order valence-electron chi connectivity index (χ1n) is 7.20. The summed E-state index contributed by atoms with van der Waals surface area (Å²) in [5, 5.41) is 3.20. The van der Waals surface area contributed by atoms with E-state index in [4.69, 9.17) is 4.74 Å². The zero-order valence-corrected chi connectivity index (χ0v) is 12.2. The molecule has 4 heteroatoms. The Labute approximate surface area is 111 Å². The van der Waals surface area contributed by atoms with Gasteiger partial charge in [-0.25, -0.2) is 0 Å². The number of nitrogens with zero attached hydrogens (tertiary/aromatic N) is 1. The van der Waals surface area contributed by atoms with Crippen molar-refractivity contribution in [2.75, 3.05) is 20.2 Å². The number of likely N-dealkylation sites (tertiary alicyclic amines) is 1. The number of hydrogen-bond donors (Lipinski definition) is 1. The molecule has 0 spiro atoms. The summed E-state index contributed by atoms with van der Waals surface area (Å²) in [5.74, 6) is -0.142. The van der Waals surface area contributed by atoms with Gasteiger partial charge in [-0.2, -0.15) is 0 Å². The molecule has 1 heterocycles. The molecule has 3 atom stereocenters. The van der Waals surface area contributed by atoms with Gasteiger partial charge < -0.3 is 10.1 Å². The van der Waals surface area contributed by atoms with E-state index in [0.717, 1.165) is 19.5 Å². The van der Waals surface area contributed by atoms with E-state index in [0.29, 0.717) is 12.1 Å². The summed E-state index contributed by atoms with van der Waals surface area (Å²) in [6.45, 7) is 8.33. The second-order valence-corrected chi connectivity index (χ2v) is 5.15. The summed E-state index contributed by atoms with van der Waals surface area (Å²) in [7, 11) is 1.46. The second-order valence-electron chi connectivity index (χ2n) is 5.15. The van der Waals surface area contributed by atoms with Crippen LogP contribution < -0.4 is 5.32 Å². The number of methoxy groups -OCH3 is 1. The minimum absolute atomic E-state index is 0.142. The molecule has 0 aliphatic carbocycles. The van der Waals surface area contributed by atoms with E-state index in [1.165, 1.54) is 26.4 Å². The number of nitrogens with one attached hydrogen (secondary N) is 1. The Kier molecular flexibility index (Phi) is 6.65. The Hall–Kier alpha value is -0.610. The van der Waals surface area contributed by atoms with Crippen molar-refractivity contribution in [2.24, 2.45) is 0 Å². The van der Waals surface area contributed by atoms with Crippen LogP contribution in [0.15, 0.2) is 0 Å². The Morgan fingerprint density at radius 2 is 2.17 bits per heavy atom. The van der Waals surface area contributed by atoms with Crippen LogP contribution in [0.25, 0.3) is 0 Å². The molecule has 3 unspecified atom stereocenters. The molecule has 1 fully saturated rings. The first-order chi connectivity index (χ1) is 8.63. The molecule has 0 aromatic rings. The minimum Gasteiger partial charge on any atom is -0.468 e. The molecule has 1 aliphatic rings. The van der Waals surface area contributed by atoms with Crippen LogP contribution in [0.1, 0.15) is 46.5 Å². The average molecular weight is 256 g/mol. The third kappa shape index (κ3) is 3.95. The molecule has 0 bridgehead atoms. The summed E-state index contributed by atoms with van der Waals surface area (Å²) >= 11 is 0. The Bertz CT molecular complexity index is 258. The maximum atomic E-state index is 11.6. The van der Waals surface area contributed by atoms with E-state index in [1.807, 2.05) is 6.92 Å². The molecule has 0 aromatic heterocycles. The van der Waals surface area contributed by atoms with Gasteiger partial charge in [0.1, 0.15) is 6.04 Å². The van der Waals surface area contributed by atoms with E-state index < -0.39 is 0 Å². The van der Waals surface area contributed by atoms with Gasteiger partial charge in [-0.05, 0) is 39.2 Å². The van der Waals surface area contributed by atoms with Crippen LogP contribution in [0.4, 0.5) is 0 Å². The molecule has 0 radical (unpaired) electrons. The Morgan fingerprint density at radius 3 is 2.72 bits per heavy atom. The van der Waals surface area contributed by atoms with E-state index >= 15 is 0 Å². The van der Waals surface area contributed by atoms with Crippen molar-refractivity contribution in [2.45, 2.75) is 64.6 Å². The van der Waals surface area contributed by atoms with Gasteiger partial charge >= 0.3 is 5.97 Å². The summed E-state index contributed by atoms with van der Waals surface area (Å²) in [4.78, 5) is 14.2. The van der Waals surface area contributed by atoms with Gasteiger partial charge in [0.25, 0.3) is 0 Å². The molecular formula is C14H28N2O2. The van der Waals surface area contributed by atoms with Crippen LogP contribution in [-0.4, -0.2) is 49.2 Å². The lowest BCUT2D eigenvalue weighted by atomic mass is 10.1. The number of hydrogen-bond acceptors (Lipinski definition) is 4. The SMILES string of the molecule is CCNC(CCN1C(C)CCC1CC)C(=O)OC. The number of ether oxygens (including phenoxy) is 1. The zero-order valence-electron chi connectivity index (χ0n) is 12.2. The minimum atomic E-state index is -0.162. The maximum Gasteiger partial charge on any atom is 0.322 e. The standard InChI is InChI=1S/C14H28N2O2/c1-5-12-8-7-11(3)16(12)10-9-13(15-6-2)14(17)18-4/h11-13,15H,5-10H2,1-4H3. The Balaban J connectivity index is 2.47. The van der Waals surface area contributed by atoms with Crippen LogP contribution in [-0.2, 0) is 9.53 Å². The van der Waals surface area contributed by atoms with Gasteiger partial charge in [-0.3, -0.25) is 9.69 Å². The molecule has 1 N–H and O–H groups in total. The van der Waals surface area contributed by atoms with Gasteiger partial charge in [0.05, 0.1) is 7.11 Å². The van der Waals surface area contributed by atoms with Crippen molar-refractivity contribution < 1.29 is 9.53 Å². The second kappa shape index (κ2) is 7.74. The normalized spacial score (nSPS) is 26.2. The van der Waals surface area contributed by atoms with Crippen LogP contribution in [0, 0.1) is 0 Å². The van der Waals surface area contributed by atoms with E-state index in [1.54, 1.807) is 0 Å². The number of rotatable bonds is 7. The summed E-state index contributed by atoms with van der Waals surface area (Å²) in [5.41, 5.74) is 0. The van der Waals surface area contributed by atoms with Crippen LogP contribution in [0.5, 0.6) is 0 Å². The third-order valence-electron chi connectivity index (χ3n) is 4.04. The molecule has 0 saturated carbocycles. The number of carbonyl (C=O) groups is 1. The van der Waals surface area contributed by atoms with Gasteiger partial charge in [0.15, 0.2) is 0 Å². The molecule has 4 nitrogen and oxygen atoms in total. The molecule has 18 heavy (non-hydrogen) atoms. The van der Waals surface area contributed by atoms with Crippen LogP contribution in [0.2, 0.25) is 0 Å². The lowest BCUT2D eigenvalue weighted by molar-refractivity contribution is -0.143. The van der Waals surface area contributed by atoms with Gasteiger partial charge in [0.2, 0.25) is 0 Å². The Morgan fingerprint density at radius 1 is 1.44 bits per heavy atom. The smallest absolute Gasteiger partial charge is 0.322 e. The highest BCUT2D eigenvalue weighted by Gasteiger charge is 2.30. The highest BCUT2D eigenvalue weighted by molar-refractivity contribution is 5.75. The number of esters is 1.